The van der Waals surface area contributed by atoms with Crippen LogP contribution in [0.1, 0.15) is 25.0 Å². The molecule has 0 aliphatic heterocycles. The maximum absolute atomic E-state index is 6.53. The molecule has 124 valence electrons. The molecule has 0 amide bonds. The number of anilines is 1. The van der Waals surface area contributed by atoms with Crippen LogP contribution in [0, 0.1) is 0 Å². The first-order valence-electron chi connectivity index (χ1n) is 9.18. The van der Waals surface area contributed by atoms with E-state index in [2.05, 4.69) is 80.6 Å². The highest BCUT2D eigenvalue weighted by molar-refractivity contribution is 6.17. The lowest BCUT2D eigenvalue weighted by Crippen LogP contribution is -2.17. The molecule has 1 nitrogen and oxygen atoms in total. The predicted octanol–water partition coefficient (Wildman–Crippen LogP) is 6.38. The van der Waals surface area contributed by atoms with Crippen molar-refractivity contribution in [1.29, 1.82) is 0 Å². The average molecular weight is 333 g/mol. The molecule has 2 aliphatic carbocycles. The summed E-state index contributed by atoms with van der Waals surface area (Å²) in [6, 6.07) is 24.3. The third kappa shape index (κ3) is 1.44. The molecular weight excluding hydrogens is 314 g/mol. The third-order valence-electron chi connectivity index (χ3n) is 6.34. The second kappa shape index (κ2) is 4.37. The molecule has 0 aromatic heterocycles. The number of nitrogens with two attached hydrogens (primary N) is 1. The maximum Gasteiger partial charge on any atom is 0.0362 e. The summed E-state index contributed by atoms with van der Waals surface area (Å²) in [5.41, 5.74) is 18.0. The van der Waals surface area contributed by atoms with Crippen LogP contribution in [0.25, 0.3) is 44.2 Å². The summed E-state index contributed by atoms with van der Waals surface area (Å²) in [6.45, 7) is 4.61. The fraction of sp³-hybridized carbons (Fsp3) is 0.120. The van der Waals surface area contributed by atoms with Crippen molar-refractivity contribution in [2.75, 3.05) is 5.73 Å². The fourth-order valence-electron chi connectivity index (χ4n) is 5.25. The Balaban J connectivity index is 1.99. The zero-order valence-electron chi connectivity index (χ0n) is 14.9. The topological polar surface area (TPSA) is 26.0 Å². The van der Waals surface area contributed by atoms with Crippen LogP contribution in [0.5, 0.6) is 0 Å². The quantitative estimate of drug-likeness (QED) is 0.327. The van der Waals surface area contributed by atoms with Crippen LogP contribution in [0.4, 0.5) is 5.69 Å². The predicted molar refractivity (Wildman–Crippen MR) is 110 cm³/mol. The molecule has 0 atom stereocenters. The summed E-state index contributed by atoms with van der Waals surface area (Å²) >= 11 is 0. The highest BCUT2D eigenvalue weighted by Crippen LogP contribution is 2.59. The molecule has 0 heterocycles. The first-order chi connectivity index (χ1) is 12.6. The maximum atomic E-state index is 6.53. The minimum atomic E-state index is -0.0850. The van der Waals surface area contributed by atoms with Crippen LogP contribution in [-0.2, 0) is 5.41 Å². The van der Waals surface area contributed by atoms with Crippen molar-refractivity contribution in [2.24, 2.45) is 0 Å². The smallest absolute Gasteiger partial charge is 0.0362 e. The van der Waals surface area contributed by atoms with Crippen LogP contribution < -0.4 is 5.73 Å². The van der Waals surface area contributed by atoms with E-state index in [9.17, 15) is 0 Å². The number of fused-ring (bicyclic) bond motifs is 3. The number of benzene rings is 4. The van der Waals surface area contributed by atoms with Gasteiger partial charge in [-0.3, -0.25) is 0 Å². The summed E-state index contributed by atoms with van der Waals surface area (Å²) in [5.74, 6) is 0. The van der Waals surface area contributed by atoms with Gasteiger partial charge in [-0.1, -0.05) is 74.5 Å². The molecule has 0 radical (unpaired) electrons. The van der Waals surface area contributed by atoms with E-state index in [4.69, 9.17) is 5.73 Å². The second-order valence-corrected chi connectivity index (χ2v) is 8.01. The van der Waals surface area contributed by atoms with Gasteiger partial charge in [0.25, 0.3) is 0 Å². The van der Waals surface area contributed by atoms with Gasteiger partial charge in [0.15, 0.2) is 0 Å². The molecule has 0 unspecified atom stereocenters. The van der Waals surface area contributed by atoms with E-state index in [0.29, 0.717) is 0 Å². The molecule has 2 aliphatic rings. The Hall–Kier alpha value is -3.06. The Morgan fingerprint density at radius 2 is 1.38 bits per heavy atom. The van der Waals surface area contributed by atoms with Crippen LogP contribution in [0.3, 0.4) is 0 Å². The van der Waals surface area contributed by atoms with E-state index >= 15 is 0 Å². The summed E-state index contributed by atoms with van der Waals surface area (Å²) in [5, 5.41) is 2.67. The Morgan fingerprint density at radius 1 is 0.654 bits per heavy atom. The SMILES string of the molecule is CC1(C)c2ccc3cccc4c3c2-c2c(ccc(N)c21)-c1ccccc1-4. The average Bonchev–Trinajstić information content (AvgIpc) is 2.82. The van der Waals surface area contributed by atoms with E-state index in [1.807, 2.05) is 0 Å². The largest absolute Gasteiger partial charge is 0.398 e. The Kier molecular flexibility index (Phi) is 2.38. The zero-order valence-corrected chi connectivity index (χ0v) is 14.9. The van der Waals surface area contributed by atoms with Gasteiger partial charge in [0.1, 0.15) is 0 Å². The molecule has 26 heavy (non-hydrogen) atoms. The van der Waals surface area contributed by atoms with Gasteiger partial charge in [-0.15, -0.1) is 0 Å². The van der Waals surface area contributed by atoms with Crippen LogP contribution in [0.15, 0.2) is 66.7 Å². The summed E-state index contributed by atoms with van der Waals surface area (Å²) in [4.78, 5) is 0. The third-order valence-corrected chi connectivity index (χ3v) is 6.34. The Bertz CT molecular complexity index is 1260. The standard InChI is InChI=1S/C25H19N/c1-25(2)19-12-10-14-6-5-9-17-15-7-3-4-8-16(15)18-11-13-20(26)24(25)22(18)23(19)21(14)17/h3-13H,26H2,1-2H3. The van der Waals surface area contributed by atoms with E-state index in [1.165, 1.54) is 55.3 Å². The Morgan fingerprint density at radius 3 is 2.19 bits per heavy atom. The van der Waals surface area contributed by atoms with Gasteiger partial charge in [-0.05, 0) is 61.3 Å². The molecule has 2 N–H and O–H groups in total. The molecule has 4 aromatic rings. The molecule has 0 fully saturated rings. The van der Waals surface area contributed by atoms with E-state index < -0.39 is 0 Å². The van der Waals surface area contributed by atoms with Crippen LogP contribution in [-0.4, -0.2) is 0 Å². The van der Waals surface area contributed by atoms with Crippen molar-refractivity contribution >= 4 is 16.5 Å². The summed E-state index contributed by atoms with van der Waals surface area (Å²) < 4.78 is 0. The van der Waals surface area contributed by atoms with Crippen molar-refractivity contribution in [1.82, 2.24) is 0 Å². The van der Waals surface area contributed by atoms with Gasteiger partial charge in [0.2, 0.25) is 0 Å². The van der Waals surface area contributed by atoms with Gasteiger partial charge >= 0.3 is 0 Å². The monoisotopic (exact) mass is 333 g/mol. The lowest BCUT2D eigenvalue weighted by molar-refractivity contribution is 0.663. The van der Waals surface area contributed by atoms with Crippen molar-refractivity contribution in [3.63, 3.8) is 0 Å². The molecule has 0 bridgehead atoms. The van der Waals surface area contributed by atoms with Gasteiger partial charge in [-0.2, -0.15) is 0 Å². The molecule has 6 rings (SSSR count). The zero-order chi connectivity index (χ0) is 17.6. The molecule has 0 saturated heterocycles. The van der Waals surface area contributed by atoms with Gasteiger partial charge in [0, 0.05) is 11.1 Å². The first-order valence-corrected chi connectivity index (χ1v) is 9.18. The molecule has 0 saturated carbocycles. The lowest BCUT2D eigenvalue weighted by atomic mass is 9.79. The Labute approximate surface area is 153 Å². The fourth-order valence-corrected chi connectivity index (χ4v) is 5.25. The van der Waals surface area contributed by atoms with E-state index in [0.717, 1.165) is 5.69 Å². The minimum absolute atomic E-state index is 0.0850. The highest BCUT2D eigenvalue weighted by atomic mass is 14.6. The number of nitrogen functional groups attached to an aromatic ring is 1. The number of rotatable bonds is 0. The molecule has 1 heteroatoms. The number of hydrogen-bond acceptors (Lipinski definition) is 1. The summed E-state index contributed by atoms with van der Waals surface area (Å²) in [7, 11) is 0. The molecule has 4 aromatic carbocycles. The van der Waals surface area contributed by atoms with E-state index in [1.54, 1.807) is 0 Å². The second-order valence-electron chi connectivity index (χ2n) is 8.01. The van der Waals surface area contributed by atoms with Gasteiger partial charge in [-0.25, -0.2) is 0 Å². The van der Waals surface area contributed by atoms with Crippen molar-refractivity contribution in [3.8, 4) is 33.4 Å². The minimum Gasteiger partial charge on any atom is -0.398 e. The first kappa shape index (κ1) is 14.1. The van der Waals surface area contributed by atoms with Gasteiger partial charge < -0.3 is 5.73 Å². The van der Waals surface area contributed by atoms with Crippen molar-refractivity contribution in [3.05, 3.63) is 77.9 Å². The van der Waals surface area contributed by atoms with Gasteiger partial charge in [0.05, 0.1) is 0 Å². The molecular formula is C25H19N. The van der Waals surface area contributed by atoms with Crippen molar-refractivity contribution in [2.45, 2.75) is 19.3 Å². The highest BCUT2D eigenvalue weighted by Gasteiger charge is 2.41. The van der Waals surface area contributed by atoms with Crippen molar-refractivity contribution < 1.29 is 0 Å². The van der Waals surface area contributed by atoms with Crippen LogP contribution in [0.2, 0.25) is 0 Å². The normalized spacial score (nSPS) is 15.0. The molecule has 0 spiro atoms. The summed E-state index contributed by atoms with van der Waals surface area (Å²) in [6.07, 6.45) is 0. The number of hydrogen-bond donors (Lipinski definition) is 1. The lowest BCUT2D eigenvalue weighted by Gasteiger charge is -2.24. The van der Waals surface area contributed by atoms with E-state index in [-0.39, 0.29) is 5.41 Å². The van der Waals surface area contributed by atoms with Crippen LogP contribution >= 0.6 is 0 Å².